The van der Waals surface area contributed by atoms with Gasteiger partial charge in [-0.25, -0.2) is 0 Å². The Morgan fingerprint density at radius 3 is 2.75 bits per heavy atom. The predicted octanol–water partition coefficient (Wildman–Crippen LogP) is 2.40. The average Bonchev–Trinajstić information content (AvgIpc) is 3.26. The molecule has 0 bridgehead atoms. The number of carbonyl (C=O) groups is 1. The summed E-state index contributed by atoms with van der Waals surface area (Å²) < 4.78 is 0. The third kappa shape index (κ3) is 3.79. The topological polar surface area (TPSA) is 102 Å². The van der Waals surface area contributed by atoms with Gasteiger partial charge in [0, 0.05) is 30.8 Å². The number of carbonyl (C=O) groups excluding carboxylic acids is 1. The van der Waals surface area contributed by atoms with Crippen LogP contribution in [0.25, 0.3) is 0 Å². The van der Waals surface area contributed by atoms with Gasteiger partial charge in [-0.05, 0) is 43.4 Å². The smallest absolute Gasteiger partial charge is 0.293 e. The number of rotatable bonds is 5. The molecule has 0 aromatic heterocycles. The second-order valence-corrected chi connectivity index (χ2v) is 6.90. The van der Waals surface area contributed by atoms with Crippen LogP contribution < -0.4 is 11.1 Å². The van der Waals surface area contributed by atoms with Gasteiger partial charge in [0.25, 0.3) is 11.6 Å². The van der Waals surface area contributed by atoms with Gasteiger partial charge in [-0.3, -0.25) is 14.9 Å². The molecule has 1 aliphatic carbocycles. The van der Waals surface area contributed by atoms with Crippen LogP contribution in [0.3, 0.4) is 0 Å². The number of hydrogen-bond acceptors (Lipinski definition) is 5. The van der Waals surface area contributed by atoms with Crippen molar-refractivity contribution in [1.29, 1.82) is 0 Å². The van der Waals surface area contributed by atoms with E-state index in [1.165, 1.54) is 6.07 Å². The lowest BCUT2D eigenvalue weighted by molar-refractivity contribution is -0.384. The fraction of sp³-hybridized carbons (Fsp3) is 0.562. The van der Waals surface area contributed by atoms with Crippen LogP contribution in [-0.4, -0.2) is 41.4 Å². The second-order valence-electron chi connectivity index (χ2n) is 6.90. The monoisotopic (exact) mass is 354 g/mol. The highest BCUT2D eigenvalue weighted by Crippen LogP contribution is 2.33. The molecular formula is C16H23ClN4O3. The molecule has 1 aromatic carbocycles. The molecule has 1 saturated carbocycles. The molecular weight excluding hydrogens is 332 g/mol. The molecule has 0 spiro atoms. The first-order valence-electron chi connectivity index (χ1n) is 7.96. The number of nitrogens with two attached hydrogens (primary N) is 1. The van der Waals surface area contributed by atoms with Crippen LogP contribution >= 0.6 is 12.4 Å². The molecule has 132 valence electrons. The number of amides is 1. The van der Waals surface area contributed by atoms with Crippen molar-refractivity contribution in [2.24, 2.45) is 11.1 Å². The summed E-state index contributed by atoms with van der Waals surface area (Å²) in [5, 5.41) is 14.4. The van der Waals surface area contributed by atoms with Crippen molar-refractivity contribution in [2.75, 3.05) is 25.0 Å². The molecule has 3 N–H and O–H groups in total. The van der Waals surface area contributed by atoms with Gasteiger partial charge < -0.3 is 16.0 Å². The fourth-order valence-corrected chi connectivity index (χ4v) is 2.93. The third-order valence-corrected chi connectivity index (χ3v) is 4.72. The first-order chi connectivity index (χ1) is 10.9. The van der Waals surface area contributed by atoms with E-state index in [2.05, 4.69) is 12.2 Å². The number of nitrogens with zero attached hydrogens (tertiary/aromatic N) is 2. The number of hydrogen-bond donors (Lipinski definition) is 2. The van der Waals surface area contributed by atoms with Crippen LogP contribution in [0.5, 0.6) is 0 Å². The number of anilines is 1. The van der Waals surface area contributed by atoms with E-state index in [1.54, 1.807) is 17.0 Å². The van der Waals surface area contributed by atoms with Crippen molar-refractivity contribution >= 4 is 29.7 Å². The Balaban J connectivity index is 0.00000208. The average molecular weight is 355 g/mol. The zero-order valence-electron chi connectivity index (χ0n) is 13.7. The van der Waals surface area contributed by atoms with E-state index in [1.807, 2.05) is 0 Å². The van der Waals surface area contributed by atoms with E-state index in [-0.39, 0.29) is 29.4 Å². The van der Waals surface area contributed by atoms with Gasteiger partial charge in [-0.2, -0.15) is 0 Å². The lowest BCUT2D eigenvalue weighted by atomic mass is 9.90. The SMILES string of the molecule is CC1(CN)CCN(C(=O)c2ccc(NC3CC3)c([N+](=O)[O-])c2)C1.Cl. The molecule has 7 nitrogen and oxygen atoms in total. The van der Waals surface area contributed by atoms with E-state index in [4.69, 9.17) is 5.73 Å². The Morgan fingerprint density at radius 1 is 1.50 bits per heavy atom. The molecule has 2 fully saturated rings. The van der Waals surface area contributed by atoms with Crippen molar-refractivity contribution in [3.05, 3.63) is 33.9 Å². The summed E-state index contributed by atoms with van der Waals surface area (Å²) in [6, 6.07) is 5.00. The molecule has 1 aromatic rings. The summed E-state index contributed by atoms with van der Waals surface area (Å²) in [6.07, 6.45) is 2.92. The number of nitro groups is 1. The first kappa shape index (κ1) is 18.5. The second kappa shape index (κ2) is 6.94. The van der Waals surface area contributed by atoms with E-state index >= 15 is 0 Å². The highest BCUT2D eigenvalue weighted by Gasteiger charge is 2.35. The molecule has 0 radical (unpaired) electrons. The molecule has 1 unspecified atom stereocenters. The number of nitrogens with one attached hydrogen (secondary N) is 1. The van der Waals surface area contributed by atoms with Gasteiger partial charge in [0.2, 0.25) is 0 Å². The number of halogens is 1. The van der Waals surface area contributed by atoms with Crippen molar-refractivity contribution in [2.45, 2.75) is 32.2 Å². The third-order valence-electron chi connectivity index (χ3n) is 4.72. The number of nitro benzene ring substituents is 1. The van der Waals surface area contributed by atoms with E-state index < -0.39 is 4.92 Å². The van der Waals surface area contributed by atoms with Crippen molar-refractivity contribution in [3.8, 4) is 0 Å². The minimum Gasteiger partial charge on any atom is -0.377 e. The molecule has 1 saturated heterocycles. The number of likely N-dealkylation sites (tertiary alicyclic amines) is 1. The molecule has 2 aliphatic rings. The zero-order chi connectivity index (χ0) is 16.6. The quantitative estimate of drug-likeness (QED) is 0.624. The van der Waals surface area contributed by atoms with Gasteiger partial charge in [0.15, 0.2) is 0 Å². The molecule has 1 heterocycles. The normalized spacial score (nSPS) is 22.8. The van der Waals surface area contributed by atoms with Gasteiger partial charge in [-0.15, -0.1) is 12.4 Å². The Morgan fingerprint density at radius 2 is 2.21 bits per heavy atom. The van der Waals surface area contributed by atoms with Crippen molar-refractivity contribution in [1.82, 2.24) is 4.90 Å². The number of benzene rings is 1. The van der Waals surface area contributed by atoms with E-state index in [9.17, 15) is 14.9 Å². The molecule has 1 atom stereocenters. The molecule has 1 amide bonds. The summed E-state index contributed by atoms with van der Waals surface area (Å²) in [5.41, 5.74) is 6.52. The maximum atomic E-state index is 12.6. The summed E-state index contributed by atoms with van der Waals surface area (Å²) in [6.45, 7) is 3.83. The van der Waals surface area contributed by atoms with Gasteiger partial charge in [-0.1, -0.05) is 6.92 Å². The summed E-state index contributed by atoms with van der Waals surface area (Å²) in [5.74, 6) is -0.164. The Hall–Kier alpha value is -1.86. The van der Waals surface area contributed by atoms with Gasteiger partial charge >= 0.3 is 0 Å². The maximum Gasteiger partial charge on any atom is 0.293 e. The summed E-state index contributed by atoms with van der Waals surface area (Å²) in [7, 11) is 0. The van der Waals surface area contributed by atoms with Gasteiger partial charge in [0.05, 0.1) is 4.92 Å². The van der Waals surface area contributed by atoms with Crippen LogP contribution in [0.2, 0.25) is 0 Å². The Labute approximate surface area is 147 Å². The maximum absolute atomic E-state index is 12.6. The van der Waals surface area contributed by atoms with Crippen LogP contribution in [0.1, 0.15) is 36.5 Å². The van der Waals surface area contributed by atoms with Gasteiger partial charge in [0.1, 0.15) is 5.69 Å². The standard InChI is InChI=1S/C16H22N4O3.ClH/c1-16(9-17)6-7-19(10-16)15(21)11-2-5-13(18-12-3-4-12)14(8-11)20(22)23;/h2,5,8,12,18H,3-4,6-7,9-10,17H2,1H3;1H. The lowest BCUT2D eigenvalue weighted by Crippen LogP contribution is -2.34. The van der Waals surface area contributed by atoms with Crippen LogP contribution in [0.15, 0.2) is 18.2 Å². The minimum atomic E-state index is -0.435. The highest BCUT2D eigenvalue weighted by atomic mass is 35.5. The van der Waals surface area contributed by atoms with Crippen LogP contribution in [0, 0.1) is 15.5 Å². The summed E-state index contributed by atoms with van der Waals surface area (Å²) >= 11 is 0. The van der Waals surface area contributed by atoms with Crippen molar-refractivity contribution < 1.29 is 9.72 Å². The fourth-order valence-electron chi connectivity index (χ4n) is 2.93. The molecule has 1 aliphatic heterocycles. The zero-order valence-corrected chi connectivity index (χ0v) is 14.5. The van der Waals surface area contributed by atoms with E-state index in [0.717, 1.165) is 19.3 Å². The van der Waals surface area contributed by atoms with Crippen LogP contribution in [-0.2, 0) is 0 Å². The first-order valence-corrected chi connectivity index (χ1v) is 7.96. The Kier molecular flexibility index (Phi) is 5.35. The summed E-state index contributed by atoms with van der Waals surface area (Å²) in [4.78, 5) is 25.2. The Bertz CT molecular complexity index is 650. The highest BCUT2D eigenvalue weighted by molar-refractivity contribution is 5.96. The molecule has 8 heteroatoms. The van der Waals surface area contributed by atoms with Crippen molar-refractivity contribution in [3.63, 3.8) is 0 Å². The largest absolute Gasteiger partial charge is 0.377 e. The lowest BCUT2D eigenvalue weighted by Gasteiger charge is -2.22. The van der Waals surface area contributed by atoms with Crippen LogP contribution in [0.4, 0.5) is 11.4 Å². The minimum absolute atomic E-state index is 0. The van der Waals surface area contributed by atoms with E-state index in [0.29, 0.717) is 36.9 Å². The molecule has 24 heavy (non-hydrogen) atoms. The predicted molar refractivity (Wildman–Crippen MR) is 94.7 cm³/mol. The molecule has 3 rings (SSSR count).